The van der Waals surface area contributed by atoms with E-state index in [1.165, 1.54) is 37.0 Å². The second-order valence-corrected chi connectivity index (χ2v) is 5.50. The monoisotopic (exact) mass is 247 g/mol. The maximum Gasteiger partial charge on any atom is 0.0636 e. The van der Waals surface area contributed by atoms with E-state index in [2.05, 4.69) is 37.3 Å². The van der Waals surface area contributed by atoms with E-state index < -0.39 is 0 Å². The fourth-order valence-electron chi connectivity index (χ4n) is 1.78. The molecule has 0 N–H and O–H groups in total. The van der Waals surface area contributed by atoms with Gasteiger partial charge < -0.3 is 0 Å². The Labute approximate surface area is 109 Å². The standard InChI is InChI=1S/C15H21NS/c1-2-3-4-8-13-17-15(11-12-16)14-9-6-5-7-10-14/h5-7,9-10,15H,2-4,8,11,13H2,1H3. The Bertz CT molecular complexity index is 329. The van der Waals surface area contributed by atoms with E-state index in [4.69, 9.17) is 5.26 Å². The van der Waals surface area contributed by atoms with Crippen LogP contribution < -0.4 is 0 Å². The summed E-state index contributed by atoms with van der Waals surface area (Å²) in [6.07, 6.45) is 5.81. The molecule has 0 fully saturated rings. The number of benzene rings is 1. The zero-order valence-electron chi connectivity index (χ0n) is 10.6. The van der Waals surface area contributed by atoms with Crippen molar-refractivity contribution in [3.63, 3.8) is 0 Å². The van der Waals surface area contributed by atoms with Crippen LogP contribution in [0.15, 0.2) is 30.3 Å². The zero-order valence-corrected chi connectivity index (χ0v) is 11.4. The molecular formula is C15H21NS. The van der Waals surface area contributed by atoms with Crippen molar-refractivity contribution in [3.05, 3.63) is 35.9 Å². The predicted molar refractivity (Wildman–Crippen MR) is 76.0 cm³/mol. The molecule has 0 saturated carbocycles. The van der Waals surface area contributed by atoms with Gasteiger partial charge in [-0.15, -0.1) is 0 Å². The van der Waals surface area contributed by atoms with Crippen molar-refractivity contribution in [1.29, 1.82) is 5.26 Å². The highest BCUT2D eigenvalue weighted by Crippen LogP contribution is 2.32. The highest BCUT2D eigenvalue weighted by Gasteiger charge is 2.10. The van der Waals surface area contributed by atoms with Crippen LogP contribution in [0.25, 0.3) is 0 Å². The Hall–Kier alpha value is -0.940. The van der Waals surface area contributed by atoms with Gasteiger partial charge >= 0.3 is 0 Å². The van der Waals surface area contributed by atoms with Crippen molar-refractivity contribution in [2.24, 2.45) is 0 Å². The van der Waals surface area contributed by atoms with Crippen molar-refractivity contribution < 1.29 is 0 Å². The molecule has 0 aliphatic carbocycles. The lowest BCUT2D eigenvalue weighted by molar-refractivity contribution is 0.705. The first-order valence-electron chi connectivity index (χ1n) is 6.42. The molecule has 92 valence electrons. The molecule has 0 aliphatic rings. The van der Waals surface area contributed by atoms with Gasteiger partial charge in [-0.1, -0.05) is 56.5 Å². The summed E-state index contributed by atoms with van der Waals surface area (Å²) in [6, 6.07) is 12.7. The smallest absolute Gasteiger partial charge is 0.0636 e. The normalized spacial score (nSPS) is 12.0. The summed E-state index contributed by atoms with van der Waals surface area (Å²) in [6.45, 7) is 2.23. The molecule has 0 spiro atoms. The molecule has 2 heteroatoms. The lowest BCUT2D eigenvalue weighted by Crippen LogP contribution is -1.94. The van der Waals surface area contributed by atoms with Gasteiger partial charge in [0.05, 0.1) is 12.5 Å². The first-order valence-corrected chi connectivity index (χ1v) is 7.47. The van der Waals surface area contributed by atoms with E-state index in [1.807, 2.05) is 17.8 Å². The van der Waals surface area contributed by atoms with Crippen molar-refractivity contribution in [3.8, 4) is 6.07 Å². The molecule has 0 bridgehead atoms. The molecule has 0 radical (unpaired) electrons. The quantitative estimate of drug-likeness (QED) is 0.606. The van der Waals surface area contributed by atoms with E-state index in [0.717, 1.165) is 0 Å². The molecular weight excluding hydrogens is 226 g/mol. The molecule has 1 aromatic carbocycles. The minimum Gasteiger partial charge on any atom is -0.198 e. The summed E-state index contributed by atoms with van der Waals surface area (Å²) in [5.41, 5.74) is 1.29. The van der Waals surface area contributed by atoms with Crippen LogP contribution in [0.1, 0.15) is 49.8 Å². The van der Waals surface area contributed by atoms with Gasteiger partial charge in [-0.05, 0) is 17.7 Å². The lowest BCUT2D eigenvalue weighted by Gasteiger charge is -2.13. The minimum absolute atomic E-state index is 0.350. The Morgan fingerprint density at radius 1 is 1.18 bits per heavy atom. The van der Waals surface area contributed by atoms with Crippen molar-refractivity contribution in [2.75, 3.05) is 5.75 Å². The van der Waals surface area contributed by atoms with Gasteiger partial charge in [-0.25, -0.2) is 0 Å². The third-order valence-electron chi connectivity index (χ3n) is 2.76. The first-order chi connectivity index (χ1) is 8.38. The number of nitrogens with zero attached hydrogens (tertiary/aromatic N) is 1. The summed E-state index contributed by atoms with van der Waals surface area (Å²) in [4.78, 5) is 0. The fourth-order valence-corrected chi connectivity index (χ4v) is 2.98. The topological polar surface area (TPSA) is 23.8 Å². The number of hydrogen-bond donors (Lipinski definition) is 0. The third kappa shape index (κ3) is 5.79. The number of unbranched alkanes of at least 4 members (excludes halogenated alkanes) is 3. The molecule has 0 amide bonds. The van der Waals surface area contributed by atoms with Crippen LogP contribution in [0, 0.1) is 11.3 Å². The second kappa shape index (κ2) is 9.13. The van der Waals surface area contributed by atoms with Crippen LogP contribution in [0.5, 0.6) is 0 Å². The zero-order chi connectivity index (χ0) is 12.3. The Balaban J connectivity index is 2.37. The van der Waals surface area contributed by atoms with Crippen LogP contribution in [-0.2, 0) is 0 Å². The van der Waals surface area contributed by atoms with Gasteiger partial charge in [0.2, 0.25) is 0 Å². The summed E-state index contributed by atoms with van der Waals surface area (Å²) >= 11 is 1.93. The van der Waals surface area contributed by atoms with Gasteiger partial charge in [-0.3, -0.25) is 0 Å². The molecule has 1 nitrogen and oxygen atoms in total. The van der Waals surface area contributed by atoms with Crippen LogP contribution >= 0.6 is 11.8 Å². The highest BCUT2D eigenvalue weighted by molar-refractivity contribution is 7.99. The number of thioether (sulfide) groups is 1. The number of hydrogen-bond acceptors (Lipinski definition) is 2. The van der Waals surface area contributed by atoms with Crippen LogP contribution in [0.2, 0.25) is 0 Å². The van der Waals surface area contributed by atoms with Crippen LogP contribution in [-0.4, -0.2) is 5.75 Å². The van der Waals surface area contributed by atoms with Crippen molar-refractivity contribution in [1.82, 2.24) is 0 Å². The molecule has 0 saturated heterocycles. The Morgan fingerprint density at radius 2 is 1.94 bits per heavy atom. The van der Waals surface area contributed by atoms with Gasteiger partial charge in [0.1, 0.15) is 0 Å². The largest absolute Gasteiger partial charge is 0.198 e. The summed E-state index contributed by atoms with van der Waals surface area (Å²) in [7, 11) is 0. The lowest BCUT2D eigenvalue weighted by atomic mass is 10.1. The second-order valence-electron chi connectivity index (χ2n) is 4.19. The predicted octanol–water partition coefficient (Wildman–Crippen LogP) is 4.95. The summed E-state index contributed by atoms with van der Waals surface area (Å²) in [5.74, 6) is 1.17. The fraction of sp³-hybridized carbons (Fsp3) is 0.533. The third-order valence-corrected chi connectivity index (χ3v) is 4.13. The molecule has 0 heterocycles. The highest BCUT2D eigenvalue weighted by atomic mass is 32.2. The van der Waals surface area contributed by atoms with E-state index >= 15 is 0 Å². The molecule has 0 aliphatic heterocycles. The molecule has 1 aromatic rings. The first kappa shape index (κ1) is 14.1. The average Bonchev–Trinajstić information content (AvgIpc) is 2.38. The number of nitriles is 1. The Kier molecular flexibility index (Phi) is 7.58. The van der Waals surface area contributed by atoms with Crippen LogP contribution in [0.4, 0.5) is 0 Å². The maximum atomic E-state index is 8.88. The molecule has 0 aromatic heterocycles. The molecule has 1 rings (SSSR count). The van der Waals surface area contributed by atoms with E-state index in [1.54, 1.807) is 0 Å². The van der Waals surface area contributed by atoms with E-state index in [-0.39, 0.29) is 0 Å². The maximum absolute atomic E-state index is 8.88. The van der Waals surface area contributed by atoms with Gasteiger partial charge in [0.25, 0.3) is 0 Å². The van der Waals surface area contributed by atoms with Gasteiger partial charge in [-0.2, -0.15) is 17.0 Å². The van der Waals surface area contributed by atoms with Crippen molar-refractivity contribution >= 4 is 11.8 Å². The van der Waals surface area contributed by atoms with Gasteiger partial charge in [0, 0.05) is 5.25 Å². The summed E-state index contributed by atoms with van der Waals surface area (Å²) < 4.78 is 0. The Morgan fingerprint density at radius 3 is 2.59 bits per heavy atom. The average molecular weight is 247 g/mol. The van der Waals surface area contributed by atoms with Crippen molar-refractivity contribution in [2.45, 2.75) is 44.3 Å². The SMILES string of the molecule is CCCCCCSC(CC#N)c1ccccc1. The van der Waals surface area contributed by atoms with E-state index in [9.17, 15) is 0 Å². The molecule has 1 atom stereocenters. The summed E-state index contributed by atoms with van der Waals surface area (Å²) in [5, 5.41) is 9.23. The molecule has 17 heavy (non-hydrogen) atoms. The number of rotatable bonds is 8. The van der Waals surface area contributed by atoms with E-state index in [0.29, 0.717) is 11.7 Å². The van der Waals surface area contributed by atoms with Gasteiger partial charge in [0.15, 0.2) is 0 Å². The molecule has 1 unspecified atom stereocenters. The van der Waals surface area contributed by atoms with Crippen LogP contribution in [0.3, 0.4) is 0 Å². The minimum atomic E-state index is 0.350.